The lowest BCUT2D eigenvalue weighted by Crippen LogP contribution is -2.26. The van der Waals surface area contributed by atoms with E-state index in [1.807, 2.05) is 29.7 Å². The number of hydrogen-bond donors (Lipinski definition) is 1. The smallest absolute Gasteiger partial charge is 0.318 e. The van der Waals surface area contributed by atoms with E-state index in [4.69, 9.17) is 9.72 Å². The number of nitrogens with zero attached hydrogens (tertiary/aromatic N) is 5. The number of methoxy groups -OCH3 is 1. The van der Waals surface area contributed by atoms with Crippen LogP contribution in [0.3, 0.4) is 0 Å². The summed E-state index contributed by atoms with van der Waals surface area (Å²) in [5.41, 5.74) is 4.46. The summed E-state index contributed by atoms with van der Waals surface area (Å²) in [5, 5.41) is 3.36. The quantitative estimate of drug-likeness (QED) is 0.516. The summed E-state index contributed by atoms with van der Waals surface area (Å²) < 4.78 is 22.4. The molecule has 0 spiro atoms. The van der Waals surface area contributed by atoms with Crippen molar-refractivity contribution >= 4 is 11.2 Å². The zero-order valence-electron chi connectivity index (χ0n) is 18.2. The molecule has 5 rings (SSSR count). The van der Waals surface area contributed by atoms with Crippen molar-refractivity contribution in [1.82, 2.24) is 29.8 Å². The Kier molecular flexibility index (Phi) is 5.53. The molecule has 0 amide bonds. The molecule has 32 heavy (non-hydrogen) atoms. The lowest BCUT2D eigenvalue weighted by Gasteiger charge is -2.23. The van der Waals surface area contributed by atoms with Crippen molar-refractivity contribution in [3.05, 3.63) is 65.4 Å². The van der Waals surface area contributed by atoms with Gasteiger partial charge in [0.1, 0.15) is 17.2 Å². The van der Waals surface area contributed by atoms with Crippen LogP contribution in [0.1, 0.15) is 35.6 Å². The van der Waals surface area contributed by atoms with Gasteiger partial charge in [-0.3, -0.25) is 4.98 Å². The number of hydrogen-bond acceptors (Lipinski definition) is 6. The Bertz CT molecular complexity index is 1250. The van der Waals surface area contributed by atoms with Crippen molar-refractivity contribution in [1.29, 1.82) is 0 Å². The van der Waals surface area contributed by atoms with Gasteiger partial charge in [0.15, 0.2) is 5.65 Å². The third-order valence-corrected chi connectivity index (χ3v) is 6.07. The number of aromatic nitrogens is 5. The minimum absolute atomic E-state index is 0.210. The summed E-state index contributed by atoms with van der Waals surface area (Å²) in [6, 6.07) is 9.67. The highest BCUT2D eigenvalue weighted by Crippen LogP contribution is 2.30. The van der Waals surface area contributed by atoms with Crippen molar-refractivity contribution < 1.29 is 9.13 Å². The van der Waals surface area contributed by atoms with Gasteiger partial charge in [0.2, 0.25) is 0 Å². The lowest BCUT2D eigenvalue weighted by molar-refractivity contribution is 0.380. The van der Waals surface area contributed by atoms with Crippen molar-refractivity contribution in [2.45, 2.75) is 32.2 Å². The van der Waals surface area contributed by atoms with Gasteiger partial charge in [0, 0.05) is 23.5 Å². The molecule has 1 aromatic carbocycles. The molecule has 0 unspecified atom stereocenters. The number of benzene rings is 1. The van der Waals surface area contributed by atoms with E-state index in [9.17, 15) is 0 Å². The maximum absolute atomic E-state index is 15.2. The van der Waals surface area contributed by atoms with Gasteiger partial charge in [-0.2, -0.15) is 9.97 Å². The van der Waals surface area contributed by atoms with Crippen LogP contribution < -0.4 is 10.1 Å². The van der Waals surface area contributed by atoms with E-state index >= 15 is 4.39 Å². The summed E-state index contributed by atoms with van der Waals surface area (Å²) in [5.74, 6) is 0.859. The van der Waals surface area contributed by atoms with Crippen LogP contribution in [-0.2, 0) is 6.54 Å². The fraction of sp³-hybridized carbons (Fsp3) is 0.333. The first-order valence-electron chi connectivity index (χ1n) is 10.8. The van der Waals surface area contributed by atoms with Crippen molar-refractivity contribution in [2.75, 3.05) is 20.2 Å². The van der Waals surface area contributed by atoms with E-state index in [1.54, 1.807) is 18.5 Å². The van der Waals surface area contributed by atoms with Gasteiger partial charge >= 0.3 is 6.01 Å². The Balaban J connectivity index is 1.59. The molecule has 8 heteroatoms. The maximum atomic E-state index is 15.2. The fourth-order valence-electron chi connectivity index (χ4n) is 4.34. The molecule has 1 saturated heterocycles. The first-order valence-corrected chi connectivity index (χ1v) is 10.8. The minimum atomic E-state index is -0.210. The number of aryl methyl sites for hydroxylation is 1. The largest absolute Gasteiger partial charge is 0.467 e. The minimum Gasteiger partial charge on any atom is -0.467 e. The number of pyridine rings is 1. The Morgan fingerprint density at radius 1 is 1.16 bits per heavy atom. The number of ether oxygens (including phenoxy) is 1. The molecule has 164 valence electrons. The van der Waals surface area contributed by atoms with Crippen LogP contribution in [0, 0.1) is 12.7 Å². The average Bonchev–Trinajstić information content (AvgIpc) is 3.20. The van der Waals surface area contributed by atoms with Gasteiger partial charge in [-0.25, -0.2) is 9.37 Å². The standard InChI is InChI=1S/C24H25FN6O/c1-15-21-23(30-24(28-15)32-2)31(22(29-21)18-4-3-9-27-13-18)14-19-6-5-17(12-20(19)25)16-7-10-26-11-8-16/h3-6,9,12-13,16,26H,7-8,10-11,14H2,1-2H3. The monoisotopic (exact) mass is 432 g/mol. The molecule has 0 atom stereocenters. The third-order valence-electron chi connectivity index (χ3n) is 6.07. The molecule has 0 saturated carbocycles. The fourth-order valence-corrected chi connectivity index (χ4v) is 4.34. The Morgan fingerprint density at radius 2 is 2.00 bits per heavy atom. The van der Waals surface area contributed by atoms with Gasteiger partial charge in [-0.05, 0) is 62.5 Å². The summed E-state index contributed by atoms with van der Waals surface area (Å²) in [7, 11) is 1.53. The van der Waals surface area contributed by atoms with Crippen LogP contribution in [0.4, 0.5) is 4.39 Å². The summed E-state index contributed by atoms with van der Waals surface area (Å²) >= 11 is 0. The number of piperidine rings is 1. The average molecular weight is 433 g/mol. The molecule has 4 aromatic rings. The molecule has 1 aliphatic rings. The topological polar surface area (TPSA) is 77.8 Å². The SMILES string of the molecule is COc1nc(C)c2nc(-c3cccnc3)n(Cc3ccc(C4CCNCC4)cc3F)c2n1. The summed E-state index contributed by atoms with van der Waals surface area (Å²) in [6.07, 6.45) is 5.52. The predicted octanol–water partition coefficient (Wildman–Crippen LogP) is 3.86. The molecule has 4 heterocycles. The van der Waals surface area contributed by atoms with Crippen LogP contribution in [0.15, 0.2) is 42.7 Å². The van der Waals surface area contributed by atoms with Gasteiger partial charge in [0.25, 0.3) is 0 Å². The molecule has 0 aliphatic carbocycles. The van der Waals surface area contributed by atoms with E-state index in [0.717, 1.165) is 37.1 Å². The molecule has 0 bridgehead atoms. The van der Waals surface area contributed by atoms with Gasteiger partial charge < -0.3 is 14.6 Å². The number of imidazole rings is 1. The van der Waals surface area contributed by atoms with Crippen molar-refractivity contribution in [2.24, 2.45) is 0 Å². The molecule has 1 fully saturated rings. The highest BCUT2D eigenvalue weighted by Gasteiger charge is 2.21. The second-order valence-corrected chi connectivity index (χ2v) is 8.11. The highest BCUT2D eigenvalue weighted by atomic mass is 19.1. The second kappa shape index (κ2) is 8.63. The van der Waals surface area contributed by atoms with E-state index in [0.29, 0.717) is 40.7 Å². The van der Waals surface area contributed by atoms with Crippen molar-refractivity contribution in [3.8, 4) is 17.4 Å². The zero-order chi connectivity index (χ0) is 22.1. The maximum Gasteiger partial charge on any atom is 0.318 e. The normalized spacial score (nSPS) is 14.7. The summed E-state index contributed by atoms with van der Waals surface area (Å²) in [6.45, 7) is 4.11. The van der Waals surface area contributed by atoms with E-state index < -0.39 is 0 Å². The molecule has 1 N–H and O–H groups in total. The van der Waals surface area contributed by atoms with E-state index in [2.05, 4.69) is 26.3 Å². The van der Waals surface area contributed by atoms with Crippen LogP contribution in [0.25, 0.3) is 22.6 Å². The highest BCUT2D eigenvalue weighted by molar-refractivity contribution is 5.79. The van der Waals surface area contributed by atoms with Gasteiger partial charge in [0.05, 0.1) is 19.3 Å². The van der Waals surface area contributed by atoms with E-state index in [1.165, 1.54) is 7.11 Å². The number of fused-ring (bicyclic) bond motifs is 1. The van der Waals surface area contributed by atoms with Crippen molar-refractivity contribution in [3.63, 3.8) is 0 Å². The number of nitrogens with one attached hydrogen (secondary N) is 1. The Labute approximate surface area is 185 Å². The first-order chi connectivity index (χ1) is 15.6. The first kappa shape index (κ1) is 20.5. The molecule has 1 aliphatic heterocycles. The molecule has 7 nitrogen and oxygen atoms in total. The molecule has 0 radical (unpaired) electrons. The lowest BCUT2D eigenvalue weighted by atomic mass is 9.89. The van der Waals surface area contributed by atoms with Crippen LogP contribution in [-0.4, -0.2) is 44.7 Å². The van der Waals surface area contributed by atoms with Crippen LogP contribution in [0.2, 0.25) is 0 Å². The Hall–Kier alpha value is -3.39. The molecular formula is C24H25FN6O. The molecule has 3 aromatic heterocycles. The van der Waals surface area contributed by atoms with E-state index in [-0.39, 0.29) is 11.8 Å². The Morgan fingerprint density at radius 3 is 2.72 bits per heavy atom. The van der Waals surface area contributed by atoms with Crippen LogP contribution >= 0.6 is 0 Å². The van der Waals surface area contributed by atoms with Gasteiger partial charge in [-0.1, -0.05) is 12.1 Å². The van der Waals surface area contributed by atoms with Crippen LogP contribution in [0.5, 0.6) is 6.01 Å². The predicted molar refractivity (Wildman–Crippen MR) is 120 cm³/mol. The number of halogens is 1. The summed E-state index contributed by atoms with van der Waals surface area (Å²) in [4.78, 5) is 17.9. The second-order valence-electron chi connectivity index (χ2n) is 8.11. The number of rotatable bonds is 5. The third kappa shape index (κ3) is 3.82. The zero-order valence-corrected chi connectivity index (χ0v) is 18.2. The van der Waals surface area contributed by atoms with Gasteiger partial charge in [-0.15, -0.1) is 0 Å². The molecular weight excluding hydrogens is 407 g/mol.